The topological polar surface area (TPSA) is 32.3 Å². The highest BCUT2D eigenvalue weighted by Crippen LogP contribution is 2.28. The second-order valence-electron chi connectivity index (χ2n) is 7.30. The van der Waals surface area contributed by atoms with Gasteiger partial charge in [0, 0.05) is 24.1 Å². The maximum atomic E-state index is 9.37. The van der Waals surface area contributed by atoms with Crippen molar-refractivity contribution in [3.05, 3.63) is 0 Å². The quantitative estimate of drug-likeness (QED) is 0.733. The molecule has 0 bridgehead atoms. The van der Waals surface area contributed by atoms with E-state index >= 15 is 0 Å². The van der Waals surface area contributed by atoms with Gasteiger partial charge in [-0.05, 0) is 32.1 Å². The van der Waals surface area contributed by atoms with Crippen molar-refractivity contribution in [1.29, 1.82) is 0 Å². The standard InChI is InChI=1S/C14H31NO/c1-8-14(7,11-16)10-15-13(5,6)9-12(2,3)4/h15-16H,8-11H2,1-7H3. The van der Waals surface area contributed by atoms with Gasteiger partial charge in [0.05, 0.1) is 0 Å². The molecule has 0 aromatic rings. The summed E-state index contributed by atoms with van der Waals surface area (Å²) in [6.45, 7) is 16.7. The molecular weight excluding hydrogens is 198 g/mol. The lowest BCUT2D eigenvalue weighted by Gasteiger charge is -2.37. The van der Waals surface area contributed by atoms with Crippen LogP contribution in [0.15, 0.2) is 0 Å². The fourth-order valence-electron chi connectivity index (χ4n) is 2.13. The average Bonchev–Trinajstić information content (AvgIpc) is 2.11. The van der Waals surface area contributed by atoms with E-state index in [4.69, 9.17) is 0 Å². The molecule has 0 spiro atoms. The Hall–Kier alpha value is -0.0800. The smallest absolute Gasteiger partial charge is 0.0496 e. The molecule has 16 heavy (non-hydrogen) atoms. The molecule has 0 heterocycles. The third-order valence-corrected chi connectivity index (χ3v) is 3.20. The van der Waals surface area contributed by atoms with Crippen LogP contribution in [0.1, 0.15) is 61.3 Å². The van der Waals surface area contributed by atoms with E-state index in [1.54, 1.807) is 0 Å². The van der Waals surface area contributed by atoms with Gasteiger partial charge < -0.3 is 10.4 Å². The molecule has 2 nitrogen and oxygen atoms in total. The maximum absolute atomic E-state index is 9.37. The monoisotopic (exact) mass is 229 g/mol. The summed E-state index contributed by atoms with van der Waals surface area (Å²) in [5.74, 6) is 0. The Morgan fingerprint density at radius 2 is 1.50 bits per heavy atom. The van der Waals surface area contributed by atoms with Crippen LogP contribution >= 0.6 is 0 Å². The molecule has 0 aliphatic rings. The largest absolute Gasteiger partial charge is 0.396 e. The molecule has 2 N–H and O–H groups in total. The third kappa shape index (κ3) is 6.49. The van der Waals surface area contributed by atoms with Gasteiger partial charge >= 0.3 is 0 Å². The normalized spacial score (nSPS) is 17.2. The van der Waals surface area contributed by atoms with Crippen LogP contribution in [0, 0.1) is 10.8 Å². The van der Waals surface area contributed by atoms with Crippen molar-refractivity contribution in [2.24, 2.45) is 10.8 Å². The Kier molecular flexibility index (Phi) is 5.48. The van der Waals surface area contributed by atoms with Crippen LogP contribution in [0.25, 0.3) is 0 Å². The van der Waals surface area contributed by atoms with Crippen LogP contribution in [0.2, 0.25) is 0 Å². The second-order valence-corrected chi connectivity index (χ2v) is 7.30. The number of aliphatic hydroxyl groups excluding tert-OH is 1. The SMILES string of the molecule is CCC(C)(CO)CNC(C)(C)CC(C)(C)C. The zero-order valence-corrected chi connectivity index (χ0v) is 12.3. The summed E-state index contributed by atoms with van der Waals surface area (Å²) in [5.41, 5.74) is 0.470. The predicted octanol–water partition coefficient (Wildman–Crippen LogP) is 3.20. The lowest BCUT2D eigenvalue weighted by atomic mass is 9.80. The van der Waals surface area contributed by atoms with Gasteiger partial charge in [0.25, 0.3) is 0 Å². The van der Waals surface area contributed by atoms with Gasteiger partial charge in [0.2, 0.25) is 0 Å². The van der Waals surface area contributed by atoms with E-state index in [0.717, 1.165) is 19.4 Å². The predicted molar refractivity (Wildman–Crippen MR) is 71.6 cm³/mol. The van der Waals surface area contributed by atoms with E-state index < -0.39 is 0 Å². The molecule has 98 valence electrons. The molecule has 0 radical (unpaired) electrons. The summed E-state index contributed by atoms with van der Waals surface area (Å²) < 4.78 is 0. The van der Waals surface area contributed by atoms with E-state index in [1.807, 2.05) is 0 Å². The summed E-state index contributed by atoms with van der Waals surface area (Å²) in [4.78, 5) is 0. The van der Waals surface area contributed by atoms with Crippen LogP contribution < -0.4 is 5.32 Å². The summed E-state index contributed by atoms with van der Waals surface area (Å²) in [7, 11) is 0. The van der Waals surface area contributed by atoms with Crippen LogP contribution in [-0.4, -0.2) is 23.8 Å². The van der Waals surface area contributed by atoms with E-state index in [1.165, 1.54) is 0 Å². The van der Waals surface area contributed by atoms with Crippen molar-refractivity contribution >= 4 is 0 Å². The van der Waals surface area contributed by atoms with E-state index in [0.29, 0.717) is 5.41 Å². The molecular formula is C14H31NO. The Labute approximate surface area is 102 Å². The minimum Gasteiger partial charge on any atom is -0.396 e. The lowest BCUT2D eigenvalue weighted by Crippen LogP contribution is -2.47. The van der Waals surface area contributed by atoms with Crippen LogP contribution in [0.4, 0.5) is 0 Å². The number of nitrogens with one attached hydrogen (secondary N) is 1. The fraction of sp³-hybridized carbons (Fsp3) is 1.00. The van der Waals surface area contributed by atoms with E-state index in [2.05, 4.69) is 53.8 Å². The Balaban J connectivity index is 4.28. The van der Waals surface area contributed by atoms with Gasteiger partial charge in [-0.1, -0.05) is 34.6 Å². The maximum Gasteiger partial charge on any atom is 0.0496 e. The van der Waals surface area contributed by atoms with Crippen molar-refractivity contribution in [1.82, 2.24) is 5.32 Å². The first kappa shape index (κ1) is 15.9. The molecule has 1 unspecified atom stereocenters. The van der Waals surface area contributed by atoms with Gasteiger partial charge in [-0.15, -0.1) is 0 Å². The molecule has 0 rings (SSSR count). The Bertz CT molecular complexity index is 199. The molecule has 0 aromatic carbocycles. The second kappa shape index (κ2) is 5.50. The molecule has 2 heteroatoms. The number of rotatable bonds is 6. The minimum absolute atomic E-state index is 0.00908. The van der Waals surface area contributed by atoms with E-state index in [9.17, 15) is 5.11 Å². The number of hydrogen-bond acceptors (Lipinski definition) is 2. The number of hydrogen-bond donors (Lipinski definition) is 2. The fourth-order valence-corrected chi connectivity index (χ4v) is 2.13. The summed E-state index contributed by atoms with van der Waals surface area (Å²) in [5, 5.41) is 13.0. The highest BCUT2D eigenvalue weighted by Gasteiger charge is 2.28. The lowest BCUT2D eigenvalue weighted by molar-refractivity contribution is 0.118. The summed E-state index contributed by atoms with van der Waals surface area (Å²) >= 11 is 0. The van der Waals surface area contributed by atoms with Gasteiger partial charge in [0.1, 0.15) is 0 Å². The minimum atomic E-state index is 0.00908. The van der Waals surface area contributed by atoms with Crippen molar-refractivity contribution in [2.45, 2.75) is 66.8 Å². The van der Waals surface area contributed by atoms with Crippen LogP contribution in [0.3, 0.4) is 0 Å². The van der Waals surface area contributed by atoms with Gasteiger partial charge in [-0.2, -0.15) is 0 Å². The Morgan fingerprint density at radius 1 is 1.00 bits per heavy atom. The Morgan fingerprint density at radius 3 is 1.81 bits per heavy atom. The zero-order chi connectivity index (χ0) is 13.0. The molecule has 0 fully saturated rings. The van der Waals surface area contributed by atoms with Crippen molar-refractivity contribution in [3.63, 3.8) is 0 Å². The van der Waals surface area contributed by atoms with Crippen molar-refractivity contribution < 1.29 is 5.11 Å². The van der Waals surface area contributed by atoms with Crippen LogP contribution in [0.5, 0.6) is 0 Å². The molecule has 0 aromatic heterocycles. The third-order valence-electron chi connectivity index (χ3n) is 3.20. The molecule has 0 aliphatic carbocycles. The first-order chi connectivity index (χ1) is 7.04. The average molecular weight is 229 g/mol. The van der Waals surface area contributed by atoms with E-state index in [-0.39, 0.29) is 17.6 Å². The van der Waals surface area contributed by atoms with Crippen molar-refractivity contribution in [2.75, 3.05) is 13.2 Å². The van der Waals surface area contributed by atoms with Gasteiger partial charge in [0.15, 0.2) is 0 Å². The molecule has 0 amide bonds. The van der Waals surface area contributed by atoms with Crippen molar-refractivity contribution in [3.8, 4) is 0 Å². The molecule has 0 aliphatic heterocycles. The summed E-state index contributed by atoms with van der Waals surface area (Å²) in [6.07, 6.45) is 2.13. The number of aliphatic hydroxyl groups is 1. The van der Waals surface area contributed by atoms with Gasteiger partial charge in [-0.3, -0.25) is 0 Å². The molecule has 1 atom stereocenters. The first-order valence-corrected chi connectivity index (χ1v) is 6.39. The summed E-state index contributed by atoms with van der Waals surface area (Å²) in [6, 6.07) is 0. The van der Waals surface area contributed by atoms with Gasteiger partial charge in [-0.25, -0.2) is 0 Å². The van der Waals surface area contributed by atoms with Crippen LogP contribution in [-0.2, 0) is 0 Å². The first-order valence-electron chi connectivity index (χ1n) is 6.39. The zero-order valence-electron chi connectivity index (χ0n) is 12.3. The molecule has 0 saturated carbocycles. The molecule has 0 saturated heterocycles. The highest BCUT2D eigenvalue weighted by molar-refractivity contribution is 4.86. The highest BCUT2D eigenvalue weighted by atomic mass is 16.3.